The van der Waals surface area contributed by atoms with Crippen molar-refractivity contribution in [2.75, 3.05) is 5.32 Å². The van der Waals surface area contributed by atoms with E-state index in [9.17, 15) is 4.79 Å². The molecule has 0 aromatic heterocycles. The number of carbonyl (C=O) groups is 1. The zero-order chi connectivity index (χ0) is 10.6. The molecule has 1 N–H and O–H groups in total. The Bertz CT molecular complexity index is 398. The summed E-state index contributed by atoms with van der Waals surface area (Å²) in [5, 5.41) is 11.4. The van der Waals surface area contributed by atoms with Crippen molar-refractivity contribution in [2.24, 2.45) is 0 Å². The molecule has 1 amide bonds. The molecule has 0 bridgehead atoms. The number of nitrogens with zero attached hydrogens (tertiary/aromatic N) is 1. The Balaban J connectivity index is 2.83. The minimum Gasteiger partial charge on any atom is -0.324 e. The normalized spacial score (nSPS) is 9.21. The summed E-state index contributed by atoms with van der Waals surface area (Å²) in [6, 6.07) is 6.63. The van der Waals surface area contributed by atoms with Crippen molar-refractivity contribution in [2.45, 2.75) is 6.42 Å². The van der Waals surface area contributed by atoms with Gasteiger partial charge in [-0.2, -0.15) is 5.26 Å². The van der Waals surface area contributed by atoms with E-state index in [1.165, 1.54) is 0 Å². The van der Waals surface area contributed by atoms with E-state index in [-0.39, 0.29) is 11.4 Å². The highest BCUT2D eigenvalue weighted by molar-refractivity contribution is 6.43. The van der Waals surface area contributed by atoms with Crippen molar-refractivity contribution in [1.29, 1.82) is 5.26 Å². The van der Waals surface area contributed by atoms with E-state index in [1.54, 1.807) is 24.3 Å². The van der Waals surface area contributed by atoms with Gasteiger partial charge in [0.15, 0.2) is 0 Å². The fourth-order valence-electron chi connectivity index (χ4n) is 0.867. The molecule has 0 atom stereocenters. The summed E-state index contributed by atoms with van der Waals surface area (Å²) in [5.74, 6) is -0.406. The van der Waals surface area contributed by atoms with Crippen LogP contribution in [0.5, 0.6) is 0 Å². The van der Waals surface area contributed by atoms with E-state index >= 15 is 0 Å². The summed E-state index contributed by atoms with van der Waals surface area (Å²) in [5.41, 5.74) is 0.416. The van der Waals surface area contributed by atoms with E-state index in [0.29, 0.717) is 10.7 Å². The molecule has 0 fully saturated rings. The molecular formula is C9H6Cl2N2O. The zero-order valence-electron chi connectivity index (χ0n) is 7.05. The van der Waals surface area contributed by atoms with E-state index < -0.39 is 5.91 Å². The van der Waals surface area contributed by atoms with Gasteiger partial charge in [-0.05, 0) is 12.1 Å². The molecule has 0 aliphatic heterocycles. The van der Waals surface area contributed by atoms with Crippen molar-refractivity contribution in [3.63, 3.8) is 0 Å². The minimum atomic E-state index is -0.406. The van der Waals surface area contributed by atoms with Crippen LogP contribution in [-0.4, -0.2) is 5.91 Å². The van der Waals surface area contributed by atoms with Gasteiger partial charge in [0.1, 0.15) is 6.42 Å². The van der Waals surface area contributed by atoms with Crippen molar-refractivity contribution >= 4 is 34.8 Å². The van der Waals surface area contributed by atoms with Crippen molar-refractivity contribution in [1.82, 2.24) is 0 Å². The van der Waals surface area contributed by atoms with Crippen LogP contribution in [0.2, 0.25) is 10.0 Å². The van der Waals surface area contributed by atoms with Crippen molar-refractivity contribution in [3.05, 3.63) is 28.2 Å². The topological polar surface area (TPSA) is 52.9 Å². The standard InChI is InChI=1S/C9H6Cl2N2O/c10-6-2-1-3-7(9(6)11)13-8(14)4-5-12/h1-3H,4H2,(H,13,14). The van der Waals surface area contributed by atoms with Gasteiger partial charge in [-0.3, -0.25) is 4.79 Å². The summed E-state index contributed by atoms with van der Waals surface area (Å²) < 4.78 is 0. The van der Waals surface area contributed by atoms with E-state index in [0.717, 1.165) is 0 Å². The molecule has 0 spiro atoms. The molecule has 3 nitrogen and oxygen atoms in total. The van der Waals surface area contributed by atoms with Crippen LogP contribution in [0.25, 0.3) is 0 Å². The van der Waals surface area contributed by atoms with Crippen molar-refractivity contribution in [3.8, 4) is 6.07 Å². The summed E-state index contributed by atoms with van der Waals surface area (Å²) in [6.07, 6.45) is -0.206. The lowest BCUT2D eigenvalue weighted by atomic mass is 10.3. The Labute approximate surface area is 91.2 Å². The van der Waals surface area contributed by atoms with E-state index in [2.05, 4.69) is 5.32 Å². The molecule has 72 valence electrons. The lowest BCUT2D eigenvalue weighted by Gasteiger charge is -2.05. The van der Waals surface area contributed by atoms with Gasteiger partial charge in [-0.25, -0.2) is 0 Å². The minimum absolute atomic E-state index is 0.206. The highest BCUT2D eigenvalue weighted by Crippen LogP contribution is 2.29. The SMILES string of the molecule is N#CCC(=O)Nc1cccc(Cl)c1Cl. The highest BCUT2D eigenvalue weighted by Gasteiger charge is 2.07. The van der Waals surface area contributed by atoms with Crippen LogP contribution < -0.4 is 5.32 Å². The fraction of sp³-hybridized carbons (Fsp3) is 0.111. The molecule has 1 aromatic carbocycles. The number of nitriles is 1. The molecule has 0 aliphatic rings. The molecule has 0 unspecified atom stereocenters. The van der Waals surface area contributed by atoms with Crippen LogP contribution in [0.15, 0.2) is 18.2 Å². The average molecular weight is 229 g/mol. The number of benzene rings is 1. The molecular weight excluding hydrogens is 223 g/mol. The van der Waals surface area contributed by atoms with Crippen LogP contribution in [0.3, 0.4) is 0 Å². The van der Waals surface area contributed by atoms with Crippen LogP contribution in [0, 0.1) is 11.3 Å². The van der Waals surface area contributed by atoms with Gasteiger partial charge < -0.3 is 5.32 Å². The number of hydrogen-bond acceptors (Lipinski definition) is 2. The molecule has 0 heterocycles. The van der Waals surface area contributed by atoms with Crippen LogP contribution in [-0.2, 0) is 4.79 Å². The second-order valence-corrected chi connectivity index (χ2v) is 3.27. The number of hydrogen-bond donors (Lipinski definition) is 1. The molecule has 5 heteroatoms. The molecule has 1 aromatic rings. The van der Waals surface area contributed by atoms with Gasteiger partial charge in [-0.15, -0.1) is 0 Å². The predicted octanol–water partition coefficient (Wildman–Crippen LogP) is 2.85. The molecule has 0 saturated heterocycles. The third-order valence-electron chi connectivity index (χ3n) is 1.47. The van der Waals surface area contributed by atoms with Gasteiger partial charge in [0.25, 0.3) is 0 Å². The molecule has 0 aliphatic carbocycles. The van der Waals surface area contributed by atoms with Gasteiger partial charge in [0, 0.05) is 0 Å². The Kier molecular flexibility index (Phi) is 3.75. The Morgan fingerprint density at radius 3 is 2.86 bits per heavy atom. The molecule has 0 radical (unpaired) electrons. The maximum absolute atomic E-state index is 11.0. The molecule has 14 heavy (non-hydrogen) atoms. The summed E-state index contributed by atoms with van der Waals surface area (Å²) >= 11 is 11.5. The summed E-state index contributed by atoms with van der Waals surface area (Å²) in [6.45, 7) is 0. The fourth-order valence-corrected chi connectivity index (χ4v) is 1.21. The van der Waals surface area contributed by atoms with Crippen LogP contribution in [0.4, 0.5) is 5.69 Å². The smallest absolute Gasteiger partial charge is 0.238 e. The number of rotatable bonds is 2. The summed E-state index contributed by atoms with van der Waals surface area (Å²) in [7, 11) is 0. The number of anilines is 1. The number of amides is 1. The van der Waals surface area contributed by atoms with Gasteiger partial charge >= 0.3 is 0 Å². The van der Waals surface area contributed by atoms with Gasteiger partial charge in [0.05, 0.1) is 21.8 Å². The number of carbonyl (C=O) groups excluding carboxylic acids is 1. The Morgan fingerprint density at radius 1 is 1.50 bits per heavy atom. The first kappa shape index (κ1) is 10.8. The van der Waals surface area contributed by atoms with Crippen LogP contribution >= 0.6 is 23.2 Å². The number of nitrogens with one attached hydrogen (secondary N) is 1. The lowest BCUT2D eigenvalue weighted by molar-refractivity contribution is -0.115. The average Bonchev–Trinajstić information content (AvgIpc) is 2.13. The molecule has 0 saturated carbocycles. The number of halogens is 2. The summed E-state index contributed by atoms with van der Waals surface area (Å²) in [4.78, 5) is 11.0. The highest BCUT2D eigenvalue weighted by atomic mass is 35.5. The predicted molar refractivity (Wildman–Crippen MR) is 55.3 cm³/mol. The van der Waals surface area contributed by atoms with Crippen molar-refractivity contribution < 1.29 is 4.79 Å². The monoisotopic (exact) mass is 228 g/mol. The maximum Gasteiger partial charge on any atom is 0.238 e. The largest absolute Gasteiger partial charge is 0.324 e. The third kappa shape index (κ3) is 2.63. The first-order valence-electron chi connectivity index (χ1n) is 3.76. The maximum atomic E-state index is 11.0. The van der Waals surface area contributed by atoms with E-state index in [4.69, 9.17) is 28.5 Å². The lowest BCUT2D eigenvalue weighted by Crippen LogP contribution is -2.10. The Morgan fingerprint density at radius 2 is 2.21 bits per heavy atom. The van der Waals surface area contributed by atoms with Crippen LogP contribution in [0.1, 0.15) is 6.42 Å². The quantitative estimate of drug-likeness (QED) is 0.847. The first-order chi connectivity index (χ1) is 6.65. The Hall–Kier alpha value is -1.24. The van der Waals surface area contributed by atoms with Gasteiger partial charge in [0.2, 0.25) is 5.91 Å². The second-order valence-electron chi connectivity index (χ2n) is 2.48. The molecule has 1 rings (SSSR count). The van der Waals surface area contributed by atoms with Gasteiger partial charge in [-0.1, -0.05) is 29.3 Å². The van der Waals surface area contributed by atoms with E-state index in [1.807, 2.05) is 0 Å². The zero-order valence-corrected chi connectivity index (χ0v) is 8.56. The third-order valence-corrected chi connectivity index (χ3v) is 2.28. The first-order valence-corrected chi connectivity index (χ1v) is 4.51. The second kappa shape index (κ2) is 4.85.